The molecule has 5 N–H and O–H groups in total. The molecule has 4 aromatic rings. The SMILES string of the molecule is Cn1c(-c2nc(N)ncc2C#Cc2cccc(CC(=O)Nc3ccc(CN4CCN(CCO)CC4)c(C(F)(F)F)c3)c2)cc2c1CCNC2=O. The number of hydrogen-bond donors (Lipinski definition) is 4. The molecule has 6 rings (SSSR count). The second-order valence-electron chi connectivity index (χ2n) is 12.3. The van der Waals surface area contributed by atoms with Gasteiger partial charge in [-0.05, 0) is 41.5 Å². The zero-order valence-electron chi connectivity index (χ0n) is 27.5. The third kappa shape index (κ3) is 7.97. The van der Waals surface area contributed by atoms with Crippen LogP contribution in [0.2, 0.25) is 0 Å². The van der Waals surface area contributed by atoms with Gasteiger partial charge in [0.15, 0.2) is 0 Å². The van der Waals surface area contributed by atoms with Gasteiger partial charge in [-0.1, -0.05) is 30.0 Å². The topological polar surface area (TPSA) is 142 Å². The van der Waals surface area contributed by atoms with Crippen LogP contribution in [-0.4, -0.2) is 87.1 Å². The first-order valence-corrected chi connectivity index (χ1v) is 16.2. The summed E-state index contributed by atoms with van der Waals surface area (Å²) in [5, 5.41) is 14.6. The van der Waals surface area contributed by atoms with Crippen molar-refractivity contribution in [1.29, 1.82) is 0 Å². The Morgan fingerprint density at radius 1 is 1.08 bits per heavy atom. The second kappa shape index (κ2) is 14.7. The van der Waals surface area contributed by atoms with E-state index in [1.54, 1.807) is 30.3 Å². The number of aromatic nitrogens is 3. The van der Waals surface area contributed by atoms with E-state index in [0.29, 0.717) is 79.3 Å². The largest absolute Gasteiger partial charge is 0.416 e. The summed E-state index contributed by atoms with van der Waals surface area (Å²) < 4.78 is 44.2. The Kier molecular flexibility index (Phi) is 10.2. The molecule has 2 aromatic heterocycles. The van der Waals surface area contributed by atoms with Crippen LogP contribution < -0.4 is 16.4 Å². The summed E-state index contributed by atoms with van der Waals surface area (Å²) in [6.45, 7) is 3.83. The lowest BCUT2D eigenvalue weighted by molar-refractivity contribution is -0.138. The zero-order chi connectivity index (χ0) is 35.4. The molecular weight excluding hydrogens is 649 g/mol. The standard InChI is InChI=1S/C36H37F3N8O3/c1-45-30-9-10-41-34(50)28(30)20-31(45)33-25(21-42-35(40)44-33)6-5-23-3-2-4-24(17-23)18-32(49)43-27-8-7-26(29(19-27)36(37,38)39)22-47-13-11-46(12-14-47)15-16-48/h2-4,7-8,17,19-21,48H,9-16,18,22H2,1H3,(H,41,50)(H,43,49)(H2,40,42,44). The minimum absolute atomic E-state index is 0.0480. The summed E-state index contributed by atoms with van der Waals surface area (Å²) in [5.41, 5.74) is 9.68. The number of alkyl halides is 3. The molecule has 0 unspecified atom stereocenters. The van der Waals surface area contributed by atoms with Crippen LogP contribution in [0, 0.1) is 11.8 Å². The molecule has 50 heavy (non-hydrogen) atoms. The molecule has 14 heteroatoms. The van der Waals surface area contributed by atoms with Gasteiger partial charge in [0.05, 0.1) is 35.4 Å². The average molecular weight is 687 g/mol. The molecule has 1 saturated heterocycles. The number of nitrogen functional groups attached to an aromatic ring is 1. The van der Waals surface area contributed by atoms with Crippen LogP contribution in [0.5, 0.6) is 0 Å². The number of piperazine rings is 1. The number of hydrogen-bond acceptors (Lipinski definition) is 8. The minimum atomic E-state index is -4.59. The predicted molar refractivity (Wildman–Crippen MR) is 182 cm³/mol. The highest BCUT2D eigenvalue weighted by molar-refractivity contribution is 5.98. The molecule has 2 aliphatic rings. The molecular formula is C36H37F3N8O3. The summed E-state index contributed by atoms with van der Waals surface area (Å²) in [4.78, 5) is 38.0. The van der Waals surface area contributed by atoms with Crippen LogP contribution in [0.25, 0.3) is 11.4 Å². The molecule has 0 bridgehead atoms. The Morgan fingerprint density at radius 2 is 1.86 bits per heavy atom. The first kappa shape index (κ1) is 34.6. The van der Waals surface area contributed by atoms with Gasteiger partial charge in [0.25, 0.3) is 5.91 Å². The van der Waals surface area contributed by atoms with Crippen molar-refractivity contribution in [1.82, 2.24) is 29.7 Å². The summed E-state index contributed by atoms with van der Waals surface area (Å²) in [6, 6.07) is 12.7. The minimum Gasteiger partial charge on any atom is -0.395 e. The van der Waals surface area contributed by atoms with Gasteiger partial charge in [0.1, 0.15) is 5.69 Å². The van der Waals surface area contributed by atoms with Crippen LogP contribution in [0.1, 0.15) is 43.9 Å². The van der Waals surface area contributed by atoms with Gasteiger partial charge in [-0.15, -0.1) is 0 Å². The van der Waals surface area contributed by atoms with Crippen molar-refractivity contribution in [2.45, 2.75) is 25.6 Å². The summed E-state index contributed by atoms with van der Waals surface area (Å²) in [7, 11) is 1.86. The molecule has 0 atom stereocenters. The molecule has 0 spiro atoms. The average Bonchev–Trinajstić information content (AvgIpc) is 3.42. The smallest absolute Gasteiger partial charge is 0.395 e. The monoisotopic (exact) mass is 686 g/mol. The highest BCUT2D eigenvalue weighted by atomic mass is 19.4. The number of carbonyl (C=O) groups is 2. The van der Waals surface area contributed by atoms with Gasteiger partial charge in [-0.3, -0.25) is 19.4 Å². The van der Waals surface area contributed by atoms with E-state index < -0.39 is 17.6 Å². The lowest BCUT2D eigenvalue weighted by Gasteiger charge is -2.34. The van der Waals surface area contributed by atoms with Crippen molar-refractivity contribution in [3.05, 3.63) is 93.8 Å². The number of nitrogens with two attached hydrogens (primary N) is 1. The lowest BCUT2D eigenvalue weighted by Crippen LogP contribution is -2.46. The Bertz CT molecular complexity index is 1970. The molecule has 0 saturated carbocycles. The van der Waals surface area contributed by atoms with Crippen molar-refractivity contribution in [3.63, 3.8) is 0 Å². The second-order valence-corrected chi connectivity index (χ2v) is 12.3. The number of aliphatic hydroxyl groups excluding tert-OH is 1. The van der Waals surface area contributed by atoms with Crippen molar-refractivity contribution >= 4 is 23.5 Å². The lowest BCUT2D eigenvalue weighted by atomic mass is 10.0. The van der Waals surface area contributed by atoms with E-state index in [4.69, 9.17) is 10.8 Å². The molecule has 0 radical (unpaired) electrons. The van der Waals surface area contributed by atoms with E-state index in [-0.39, 0.29) is 42.7 Å². The van der Waals surface area contributed by atoms with Gasteiger partial charge in [0, 0.05) is 82.4 Å². The number of β-amino-alcohol motifs (C(OH)–C–C–N with tert-alkyl or cyclic N) is 1. The van der Waals surface area contributed by atoms with Crippen LogP contribution >= 0.6 is 0 Å². The third-order valence-corrected chi connectivity index (χ3v) is 8.91. The number of benzene rings is 2. The van der Waals surface area contributed by atoms with Crippen LogP contribution in [-0.2, 0) is 37.4 Å². The fourth-order valence-corrected chi connectivity index (χ4v) is 6.34. The first-order chi connectivity index (χ1) is 24.0. The predicted octanol–water partition coefficient (Wildman–Crippen LogP) is 3.06. The van der Waals surface area contributed by atoms with Crippen LogP contribution in [0.4, 0.5) is 24.8 Å². The summed E-state index contributed by atoms with van der Waals surface area (Å²) in [6.07, 6.45) is -2.47. The molecule has 1 fully saturated rings. The van der Waals surface area contributed by atoms with E-state index in [2.05, 4.69) is 37.3 Å². The van der Waals surface area contributed by atoms with E-state index in [1.807, 2.05) is 16.5 Å². The highest BCUT2D eigenvalue weighted by Gasteiger charge is 2.34. The maximum Gasteiger partial charge on any atom is 0.416 e. The third-order valence-electron chi connectivity index (χ3n) is 8.91. The Morgan fingerprint density at radius 3 is 2.60 bits per heavy atom. The fourth-order valence-electron chi connectivity index (χ4n) is 6.34. The summed E-state index contributed by atoms with van der Waals surface area (Å²) in [5.74, 6) is 5.61. The first-order valence-electron chi connectivity index (χ1n) is 16.2. The van der Waals surface area contributed by atoms with E-state index in [1.165, 1.54) is 18.3 Å². The molecule has 260 valence electrons. The molecule has 2 amide bonds. The number of nitrogens with zero attached hydrogens (tertiary/aromatic N) is 5. The van der Waals surface area contributed by atoms with E-state index >= 15 is 0 Å². The van der Waals surface area contributed by atoms with Crippen molar-refractivity contribution < 1.29 is 27.9 Å². The quantitative estimate of drug-likeness (QED) is 0.208. The van der Waals surface area contributed by atoms with Crippen molar-refractivity contribution in [2.75, 3.05) is 56.9 Å². The van der Waals surface area contributed by atoms with Gasteiger partial charge in [0.2, 0.25) is 11.9 Å². The number of anilines is 2. The highest BCUT2D eigenvalue weighted by Crippen LogP contribution is 2.35. The zero-order valence-corrected chi connectivity index (χ0v) is 27.5. The van der Waals surface area contributed by atoms with Crippen LogP contribution in [0.3, 0.4) is 0 Å². The fraction of sp³-hybridized carbons (Fsp3) is 0.333. The van der Waals surface area contributed by atoms with Gasteiger partial charge in [-0.25, -0.2) is 9.97 Å². The Hall–Kier alpha value is -5.23. The number of halogens is 3. The van der Waals surface area contributed by atoms with Gasteiger partial charge >= 0.3 is 6.18 Å². The number of aliphatic hydroxyl groups is 1. The molecule has 0 aliphatic carbocycles. The van der Waals surface area contributed by atoms with Crippen LogP contribution in [0.15, 0.2) is 54.7 Å². The Balaban J connectivity index is 1.15. The number of nitrogens with one attached hydrogen (secondary N) is 2. The molecule has 2 aromatic carbocycles. The molecule has 11 nitrogen and oxygen atoms in total. The summed E-state index contributed by atoms with van der Waals surface area (Å²) >= 11 is 0. The normalized spacial score (nSPS) is 15.2. The molecule has 4 heterocycles. The maximum absolute atomic E-state index is 14.1. The molecule has 2 aliphatic heterocycles. The number of fused-ring (bicyclic) bond motifs is 1. The van der Waals surface area contributed by atoms with E-state index in [9.17, 15) is 22.8 Å². The Labute approximate surface area is 287 Å². The number of amides is 2. The van der Waals surface area contributed by atoms with Crippen molar-refractivity contribution in [2.24, 2.45) is 7.05 Å². The van der Waals surface area contributed by atoms with Crippen molar-refractivity contribution in [3.8, 4) is 23.2 Å². The number of rotatable bonds is 8. The maximum atomic E-state index is 14.1. The van der Waals surface area contributed by atoms with Gasteiger partial charge < -0.3 is 26.0 Å². The van der Waals surface area contributed by atoms with E-state index in [0.717, 1.165) is 11.8 Å². The van der Waals surface area contributed by atoms with Gasteiger partial charge in [-0.2, -0.15) is 13.2 Å². The number of carbonyl (C=O) groups excluding carboxylic acids is 2.